The summed E-state index contributed by atoms with van der Waals surface area (Å²) in [6.45, 7) is 1.55. The van der Waals surface area contributed by atoms with Crippen LogP contribution in [0.1, 0.15) is 35.4 Å². The van der Waals surface area contributed by atoms with Crippen molar-refractivity contribution in [2.24, 2.45) is 0 Å². The zero-order valence-electron chi connectivity index (χ0n) is 10.8. The number of rotatable bonds is 6. The minimum absolute atomic E-state index is 0.0701. The third-order valence-electron chi connectivity index (χ3n) is 2.74. The molecular weight excluding hydrogens is 330 g/mol. The molecule has 0 heterocycles. The molecule has 6 nitrogen and oxygen atoms in total. The first-order valence-electron chi connectivity index (χ1n) is 5.96. The Morgan fingerprint density at radius 1 is 1.35 bits per heavy atom. The third kappa shape index (κ3) is 4.59. The number of carboxylic acids is 1. The van der Waals surface area contributed by atoms with Gasteiger partial charge in [-0.3, -0.25) is 4.79 Å². The molecule has 0 radical (unpaired) electrons. The number of hydrogen-bond donors (Lipinski definition) is 4. The van der Waals surface area contributed by atoms with Gasteiger partial charge in [0.1, 0.15) is 6.10 Å². The Balaban J connectivity index is 2.84. The van der Waals surface area contributed by atoms with E-state index in [0.717, 1.165) is 0 Å². The highest BCUT2D eigenvalue weighted by Crippen LogP contribution is 2.26. The summed E-state index contributed by atoms with van der Waals surface area (Å²) in [6, 6.07) is 4.35. The molecule has 1 amide bonds. The first-order valence-corrected chi connectivity index (χ1v) is 6.75. The van der Waals surface area contributed by atoms with E-state index in [9.17, 15) is 19.8 Å². The minimum Gasteiger partial charge on any atom is -0.478 e. The van der Waals surface area contributed by atoms with Gasteiger partial charge in [0.2, 0.25) is 5.91 Å². The molecule has 1 aromatic carbocycles. The van der Waals surface area contributed by atoms with Crippen molar-refractivity contribution in [1.82, 2.24) is 5.32 Å². The van der Waals surface area contributed by atoms with Crippen LogP contribution in [-0.4, -0.2) is 39.8 Å². The zero-order valence-corrected chi connectivity index (χ0v) is 12.4. The maximum atomic E-state index is 11.1. The van der Waals surface area contributed by atoms with Crippen molar-refractivity contribution in [2.45, 2.75) is 25.6 Å². The number of carbonyl (C=O) groups excluding carboxylic acids is 1. The number of carbonyl (C=O) groups is 2. The molecule has 2 atom stereocenters. The average molecular weight is 346 g/mol. The van der Waals surface area contributed by atoms with Crippen molar-refractivity contribution in [3.8, 4) is 0 Å². The van der Waals surface area contributed by atoms with Gasteiger partial charge in [-0.1, -0.05) is 15.9 Å². The standard InChI is InChI=1S/C13H16BrNO5/c1-7(16)15-5-4-11(17)12(18)10-6-8(14)2-3-9(10)13(19)20/h2-3,6,11-12,17-18H,4-5H2,1H3,(H,15,16)(H,19,20). The predicted molar refractivity (Wildman–Crippen MR) is 75.4 cm³/mol. The first kappa shape index (κ1) is 16.6. The lowest BCUT2D eigenvalue weighted by atomic mass is 9.97. The lowest BCUT2D eigenvalue weighted by molar-refractivity contribution is -0.119. The SMILES string of the molecule is CC(=O)NCCC(O)C(O)c1cc(Br)ccc1C(=O)O. The van der Waals surface area contributed by atoms with Gasteiger partial charge in [-0.05, 0) is 30.2 Å². The zero-order chi connectivity index (χ0) is 15.3. The Morgan fingerprint density at radius 2 is 2.00 bits per heavy atom. The number of carboxylic acid groups (broad SMARTS) is 1. The highest BCUT2D eigenvalue weighted by atomic mass is 79.9. The quantitative estimate of drug-likeness (QED) is 0.616. The minimum atomic E-state index is -1.34. The maximum absolute atomic E-state index is 11.1. The van der Waals surface area contributed by atoms with Crippen LogP contribution in [0.5, 0.6) is 0 Å². The Kier molecular flexibility index (Phi) is 6.12. The number of aliphatic hydroxyl groups is 2. The summed E-state index contributed by atoms with van der Waals surface area (Å²) in [7, 11) is 0. The largest absolute Gasteiger partial charge is 0.478 e. The number of nitrogens with one attached hydrogen (secondary N) is 1. The summed E-state index contributed by atoms with van der Waals surface area (Å²) >= 11 is 3.19. The molecule has 20 heavy (non-hydrogen) atoms. The monoisotopic (exact) mass is 345 g/mol. The number of hydrogen-bond acceptors (Lipinski definition) is 4. The van der Waals surface area contributed by atoms with E-state index in [1.807, 2.05) is 0 Å². The average Bonchev–Trinajstić information content (AvgIpc) is 2.36. The van der Waals surface area contributed by atoms with E-state index in [0.29, 0.717) is 4.47 Å². The summed E-state index contributed by atoms with van der Waals surface area (Å²) in [5, 5.41) is 31.5. The third-order valence-corrected chi connectivity index (χ3v) is 3.23. The van der Waals surface area contributed by atoms with Gasteiger partial charge < -0.3 is 20.6 Å². The fourth-order valence-corrected chi connectivity index (χ4v) is 2.11. The lowest BCUT2D eigenvalue weighted by Crippen LogP contribution is -2.28. The summed E-state index contributed by atoms with van der Waals surface area (Å²) in [5.41, 5.74) is 0.0569. The van der Waals surface area contributed by atoms with E-state index in [1.54, 1.807) is 6.07 Å². The van der Waals surface area contributed by atoms with E-state index in [1.165, 1.54) is 19.1 Å². The van der Waals surface area contributed by atoms with Crippen molar-refractivity contribution >= 4 is 27.8 Å². The van der Waals surface area contributed by atoms with Gasteiger partial charge in [0, 0.05) is 17.9 Å². The molecule has 0 spiro atoms. The molecular formula is C13H16BrNO5. The van der Waals surface area contributed by atoms with Crippen molar-refractivity contribution in [2.75, 3.05) is 6.54 Å². The van der Waals surface area contributed by atoms with Crippen LogP contribution < -0.4 is 5.32 Å². The van der Waals surface area contributed by atoms with Crippen LogP contribution in [0.25, 0.3) is 0 Å². The van der Waals surface area contributed by atoms with Crippen LogP contribution in [0, 0.1) is 0 Å². The van der Waals surface area contributed by atoms with Crippen molar-refractivity contribution in [3.05, 3.63) is 33.8 Å². The van der Waals surface area contributed by atoms with Crippen molar-refractivity contribution < 1.29 is 24.9 Å². The molecule has 2 unspecified atom stereocenters. The van der Waals surface area contributed by atoms with E-state index in [2.05, 4.69) is 21.2 Å². The van der Waals surface area contributed by atoms with Crippen LogP contribution in [0.15, 0.2) is 22.7 Å². The smallest absolute Gasteiger partial charge is 0.336 e. The van der Waals surface area contributed by atoms with E-state index in [-0.39, 0.29) is 30.0 Å². The summed E-state index contributed by atoms with van der Waals surface area (Å²) < 4.78 is 0.602. The Morgan fingerprint density at radius 3 is 2.55 bits per heavy atom. The Labute approximate surface area is 124 Å². The Hall–Kier alpha value is -1.44. The summed E-state index contributed by atoms with van der Waals surface area (Å²) in [6.07, 6.45) is -2.40. The molecule has 0 saturated heterocycles. The maximum Gasteiger partial charge on any atom is 0.336 e. The molecule has 0 aromatic heterocycles. The molecule has 110 valence electrons. The Bertz CT molecular complexity index is 506. The van der Waals surface area contributed by atoms with Crippen molar-refractivity contribution in [3.63, 3.8) is 0 Å². The molecule has 0 aliphatic carbocycles. The molecule has 0 bridgehead atoms. The molecule has 0 saturated carbocycles. The van der Waals surface area contributed by atoms with E-state index >= 15 is 0 Å². The van der Waals surface area contributed by atoms with Gasteiger partial charge in [0.05, 0.1) is 11.7 Å². The molecule has 7 heteroatoms. The second-order valence-electron chi connectivity index (χ2n) is 4.32. The highest BCUT2D eigenvalue weighted by molar-refractivity contribution is 9.10. The van der Waals surface area contributed by atoms with Crippen LogP contribution in [0.4, 0.5) is 0 Å². The van der Waals surface area contributed by atoms with Gasteiger partial charge in [0.15, 0.2) is 0 Å². The number of amides is 1. The number of aromatic carboxylic acids is 1. The molecule has 1 rings (SSSR count). The number of aliphatic hydroxyl groups excluding tert-OH is 2. The molecule has 1 aromatic rings. The summed E-state index contributed by atoms with van der Waals surface area (Å²) in [4.78, 5) is 21.8. The van der Waals surface area contributed by atoms with Gasteiger partial charge in [-0.2, -0.15) is 0 Å². The first-order chi connectivity index (χ1) is 9.32. The molecule has 0 aliphatic rings. The van der Waals surface area contributed by atoms with Crippen LogP contribution in [0.2, 0.25) is 0 Å². The second kappa shape index (κ2) is 7.37. The fourth-order valence-electron chi connectivity index (χ4n) is 1.73. The predicted octanol–water partition coefficient (Wildman–Crippen LogP) is 1.07. The van der Waals surface area contributed by atoms with Crippen LogP contribution in [0.3, 0.4) is 0 Å². The number of halogens is 1. The van der Waals surface area contributed by atoms with Crippen LogP contribution >= 0.6 is 15.9 Å². The number of benzene rings is 1. The molecule has 0 aliphatic heterocycles. The van der Waals surface area contributed by atoms with E-state index in [4.69, 9.17) is 5.11 Å². The fraction of sp³-hybridized carbons (Fsp3) is 0.385. The molecule has 0 fully saturated rings. The normalized spacial score (nSPS) is 13.6. The topological polar surface area (TPSA) is 107 Å². The molecule has 4 N–H and O–H groups in total. The van der Waals surface area contributed by atoms with Crippen molar-refractivity contribution in [1.29, 1.82) is 0 Å². The van der Waals surface area contributed by atoms with Gasteiger partial charge >= 0.3 is 5.97 Å². The van der Waals surface area contributed by atoms with Gasteiger partial charge in [0.25, 0.3) is 0 Å². The summed E-state index contributed by atoms with van der Waals surface area (Å²) in [5.74, 6) is -1.42. The lowest BCUT2D eigenvalue weighted by Gasteiger charge is -2.20. The van der Waals surface area contributed by atoms with Gasteiger partial charge in [-0.15, -0.1) is 0 Å². The van der Waals surface area contributed by atoms with Crippen LogP contribution in [-0.2, 0) is 4.79 Å². The van der Waals surface area contributed by atoms with Gasteiger partial charge in [-0.25, -0.2) is 4.79 Å². The second-order valence-corrected chi connectivity index (χ2v) is 5.24. The highest BCUT2D eigenvalue weighted by Gasteiger charge is 2.23. The van der Waals surface area contributed by atoms with E-state index < -0.39 is 18.2 Å².